The number of carbonyl (C=O) groups is 1. The molecule has 2 fully saturated rings. The Morgan fingerprint density at radius 3 is 2.67 bits per heavy atom. The van der Waals surface area contributed by atoms with Crippen molar-refractivity contribution in [1.29, 1.82) is 0 Å². The molecule has 1 saturated heterocycles. The maximum absolute atomic E-state index is 11.2. The van der Waals surface area contributed by atoms with Crippen LogP contribution in [0.4, 0.5) is 4.79 Å². The molecular weight excluding hydrogens is 154 g/mol. The first-order chi connectivity index (χ1) is 5.78. The molecule has 0 aromatic rings. The van der Waals surface area contributed by atoms with Gasteiger partial charge in [-0.05, 0) is 25.7 Å². The predicted octanol–water partition coefficient (Wildman–Crippen LogP) is 0.806. The van der Waals surface area contributed by atoms with Crippen LogP contribution in [-0.2, 0) is 0 Å². The lowest BCUT2D eigenvalue weighted by Crippen LogP contribution is -2.31. The van der Waals surface area contributed by atoms with E-state index in [1.165, 1.54) is 19.3 Å². The van der Waals surface area contributed by atoms with Crippen LogP contribution in [-0.4, -0.2) is 23.8 Å². The van der Waals surface area contributed by atoms with Crippen LogP contribution >= 0.6 is 0 Å². The minimum Gasteiger partial charge on any atom is -0.340 e. The van der Waals surface area contributed by atoms with Crippen LogP contribution in [0.5, 0.6) is 0 Å². The average molecular weight is 169 g/mol. The lowest BCUT2D eigenvalue weighted by molar-refractivity contribution is 0.216. The van der Waals surface area contributed by atoms with Crippen molar-refractivity contribution in [2.24, 2.45) is 0 Å². The van der Waals surface area contributed by atoms with Crippen LogP contribution in [0, 0.1) is 0 Å². The smallest absolute Gasteiger partial charge is 0.333 e. The molecule has 2 amide bonds. The second-order valence-electron chi connectivity index (χ2n) is 3.59. The molecule has 1 heterocycles. The van der Waals surface area contributed by atoms with Gasteiger partial charge in [0.25, 0.3) is 0 Å². The normalized spacial score (nSPS) is 25.6. The Kier molecular flexibility index (Phi) is 1.72. The zero-order valence-corrected chi connectivity index (χ0v) is 7.39. The fourth-order valence-electron chi connectivity index (χ4n) is 2.01. The van der Waals surface area contributed by atoms with Crippen molar-refractivity contribution in [2.45, 2.75) is 37.8 Å². The van der Waals surface area contributed by atoms with Gasteiger partial charge in [0.05, 0.1) is 0 Å². The third-order valence-electron chi connectivity index (χ3n) is 2.80. The average Bonchev–Trinajstić information content (AvgIpc) is 2.80. The van der Waals surface area contributed by atoms with E-state index in [1.807, 2.05) is 0 Å². The Bertz CT molecular complexity index is 198. The second-order valence-corrected chi connectivity index (χ2v) is 3.59. The molecule has 0 atom stereocenters. The maximum Gasteiger partial charge on any atom is 0.333 e. The van der Waals surface area contributed by atoms with Crippen molar-refractivity contribution < 1.29 is 4.79 Å². The van der Waals surface area contributed by atoms with Gasteiger partial charge < -0.3 is 5.32 Å². The molecule has 4 nitrogen and oxygen atoms in total. The first-order valence-corrected chi connectivity index (χ1v) is 4.58. The Morgan fingerprint density at radius 2 is 2.08 bits per heavy atom. The summed E-state index contributed by atoms with van der Waals surface area (Å²) in [5.74, 6) is 0. The number of hydrogen-bond donors (Lipinski definition) is 2. The summed E-state index contributed by atoms with van der Waals surface area (Å²) >= 11 is 0. The minimum atomic E-state index is -0.00287. The highest BCUT2D eigenvalue weighted by Crippen LogP contribution is 2.39. The van der Waals surface area contributed by atoms with E-state index < -0.39 is 0 Å². The third-order valence-corrected chi connectivity index (χ3v) is 2.80. The highest BCUT2D eigenvalue weighted by atomic mass is 16.2. The highest BCUT2D eigenvalue weighted by molar-refractivity contribution is 5.76. The molecule has 1 spiro atoms. The zero-order valence-electron chi connectivity index (χ0n) is 7.39. The third kappa shape index (κ3) is 1.06. The molecule has 4 heteroatoms. The molecule has 2 N–H and O–H groups in total. The van der Waals surface area contributed by atoms with Gasteiger partial charge in [0.2, 0.25) is 0 Å². The molecule has 0 unspecified atom stereocenters. The molecule has 0 bridgehead atoms. The van der Waals surface area contributed by atoms with Gasteiger partial charge in [0, 0.05) is 7.05 Å². The van der Waals surface area contributed by atoms with E-state index in [-0.39, 0.29) is 11.7 Å². The van der Waals surface area contributed by atoms with Crippen molar-refractivity contribution in [2.75, 3.05) is 7.05 Å². The number of rotatable bonds is 0. The van der Waals surface area contributed by atoms with Gasteiger partial charge in [0.1, 0.15) is 5.66 Å². The predicted molar refractivity (Wildman–Crippen MR) is 45.2 cm³/mol. The first kappa shape index (κ1) is 7.86. The van der Waals surface area contributed by atoms with Gasteiger partial charge in [-0.1, -0.05) is 6.42 Å². The molecule has 68 valence electrons. The highest BCUT2D eigenvalue weighted by Gasteiger charge is 2.54. The van der Waals surface area contributed by atoms with E-state index in [2.05, 4.69) is 10.7 Å². The van der Waals surface area contributed by atoms with E-state index in [0.717, 1.165) is 12.8 Å². The standard InChI is InChI=1S/C8H15N3O/c1-9-7(12)11-8(10-11)5-3-2-4-6-8/h10H,2-6H2,1H3,(H,9,12). The topological polar surface area (TPSA) is 54.0 Å². The van der Waals surface area contributed by atoms with Crippen LogP contribution in [0.3, 0.4) is 0 Å². The fourth-order valence-corrected chi connectivity index (χ4v) is 2.01. The Hall–Kier alpha value is -0.770. The lowest BCUT2D eigenvalue weighted by Gasteiger charge is -2.18. The molecule has 12 heavy (non-hydrogen) atoms. The molecule has 1 aliphatic heterocycles. The molecule has 2 aliphatic rings. The number of urea groups is 1. The van der Waals surface area contributed by atoms with Gasteiger partial charge in [-0.2, -0.15) is 0 Å². The van der Waals surface area contributed by atoms with E-state index in [4.69, 9.17) is 0 Å². The van der Waals surface area contributed by atoms with Gasteiger partial charge in [-0.3, -0.25) is 0 Å². The largest absolute Gasteiger partial charge is 0.340 e. The van der Waals surface area contributed by atoms with Crippen LogP contribution in [0.2, 0.25) is 0 Å². The molecule has 1 saturated carbocycles. The van der Waals surface area contributed by atoms with Gasteiger partial charge in [-0.25, -0.2) is 15.2 Å². The second kappa shape index (κ2) is 2.62. The molecule has 2 rings (SSSR count). The Balaban J connectivity index is 1.95. The van der Waals surface area contributed by atoms with Crippen molar-refractivity contribution >= 4 is 6.03 Å². The summed E-state index contributed by atoms with van der Waals surface area (Å²) < 4.78 is 0. The van der Waals surface area contributed by atoms with Gasteiger partial charge >= 0.3 is 6.03 Å². The fraction of sp³-hybridized carbons (Fsp3) is 0.875. The van der Waals surface area contributed by atoms with Crippen molar-refractivity contribution in [3.05, 3.63) is 0 Å². The molecule has 0 radical (unpaired) electrons. The summed E-state index contributed by atoms with van der Waals surface area (Å²) in [6.45, 7) is 0. The molecular formula is C8H15N3O. The zero-order chi connectivity index (χ0) is 8.60. The maximum atomic E-state index is 11.2. The van der Waals surface area contributed by atoms with Gasteiger partial charge in [-0.15, -0.1) is 0 Å². The van der Waals surface area contributed by atoms with Crippen molar-refractivity contribution in [1.82, 2.24) is 15.8 Å². The van der Waals surface area contributed by atoms with E-state index >= 15 is 0 Å². The Labute approximate surface area is 72.3 Å². The summed E-state index contributed by atoms with van der Waals surface area (Å²) in [5, 5.41) is 4.35. The van der Waals surface area contributed by atoms with Crippen LogP contribution in [0.1, 0.15) is 32.1 Å². The number of nitrogens with zero attached hydrogens (tertiary/aromatic N) is 1. The van der Waals surface area contributed by atoms with Crippen molar-refractivity contribution in [3.8, 4) is 0 Å². The molecule has 0 aromatic heterocycles. The van der Waals surface area contributed by atoms with E-state index in [9.17, 15) is 4.79 Å². The van der Waals surface area contributed by atoms with Crippen molar-refractivity contribution in [3.63, 3.8) is 0 Å². The van der Waals surface area contributed by atoms with Crippen LogP contribution < -0.4 is 10.7 Å². The van der Waals surface area contributed by atoms with Crippen LogP contribution in [0.15, 0.2) is 0 Å². The molecule has 1 aliphatic carbocycles. The number of hydrazine groups is 1. The SMILES string of the molecule is CNC(=O)N1NC12CCCCC2. The number of hydrogen-bond acceptors (Lipinski definition) is 2. The van der Waals surface area contributed by atoms with Crippen LogP contribution in [0.25, 0.3) is 0 Å². The summed E-state index contributed by atoms with van der Waals surface area (Å²) in [4.78, 5) is 11.2. The number of carbonyl (C=O) groups excluding carboxylic acids is 1. The summed E-state index contributed by atoms with van der Waals surface area (Å²) in [6, 6.07) is -0.00287. The summed E-state index contributed by atoms with van der Waals surface area (Å²) in [7, 11) is 1.67. The lowest BCUT2D eigenvalue weighted by atomic mass is 9.93. The number of amides is 2. The van der Waals surface area contributed by atoms with E-state index in [0.29, 0.717) is 0 Å². The van der Waals surface area contributed by atoms with Gasteiger partial charge in [0.15, 0.2) is 0 Å². The Morgan fingerprint density at radius 1 is 1.42 bits per heavy atom. The quantitative estimate of drug-likeness (QED) is 0.527. The minimum absolute atomic E-state index is 0.00287. The summed E-state index contributed by atoms with van der Waals surface area (Å²) in [5.41, 5.74) is 3.20. The monoisotopic (exact) mass is 169 g/mol. The summed E-state index contributed by atoms with van der Waals surface area (Å²) in [6.07, 6.45) is 6.01. The first-order valence-electron chi connectivity index (χ1n) is 4.58. The molecule has 0 aromatic carbocycles. The van der Waals surface area contributed by atoms with E-state index in [1.54, 1.807) is 12.1 Å². The number of nitrogens with one attached hydrogen (secondary N) is 2.